The van der Waals surface area contributed by atoms with Gasteiger partial charge in [0, 0.05) is 87.8 Å². The van der Waals surface area contributed by atoms with Crippen LogP contribution in [0.15, 0.2) is 437 Å². The largest absolute Gasteiger partial charge is 0.309 e. The standard InChI is InChI=1S/2C60H36N4/c1-3-15-45-37(13-1)25-26-40-31-41(28-30-46(40)45)59-60(62-53-21-9-8-20-52(53)61-59)43-32-39-14-2-4-16-47(39)57(36-43)64-56-24-12-7-19-50(56)51-34-42-33-44(29-27-38(42)35-58(51)64)63-54-22-10-5-17-48(54)49-18-6-11-23-55(49)63;1-2-14-45-39(13-1)34-52(47-16-4-3-15-46(45)47)60-59(61-53-20-8-9-21-54(53)62-60)40-26-25-37-27-29-44(32-41(37)31-40)64-57-24-12-7-19-50(57)51-35-42-33-43(30-28-38(42)36-58(51)64)63-55-22-10-5-17-48(55)49-18-6-11-23-56(49)63/h2*1-36H. The molecular formula is C120H72N8. The van der Waals surface area contributed by atoms with Crippen molar-refractivity contribution in [2.45, 2.75) is 0 Å². The van der Waals surface area contributed by atoms with Crippen LogP contribution in [-0.4, -0.2) is 38.2 Å². The summed E-state index contributed by atoms with van der Waals surface area (Å²) in [7, 11) is 0. The lowest BCUT2D eigenvalue weighted by Crippen LogP contribution is -1.99. The second kappa shape index (κ2) is 28.2. The maximum atomic E-state index is 5.44. The highest BCUT2D eigenvalue weighted by Crippen LogP contribution is 2.47. The van der Waals surface area contributed by atoms with Gasteiger partial charge >= 0.3 is 0 Å². The zero-order valence-electron chi connectivity index (χ0n) is 69.1. The maximum absolute atomic E-state index is 5.44. The number of hydrogen-bond donors (Lipinski definition) is 0. The number of benzene rings is 22. The smallest absolute Gasteiger partial charge is 0.0979 e. The SMILES string of the molecule is c1ccc2c(-n3c4ccccc4c4cc5cc(-n6c7ccccc7c7ccccc76)ccc5cc43)cc(-c3nc4ccccc4nc3-c3ccc4c(ccc5ccccc54)c3)cc2c1.c1ccc2c(c1)cc(-c1nc3ccccc3nc1-c1ccc3ccc(-n4c5ccccc5c5cc6cc(-n7c8ccccc8c8ccccc87)ccc6cc54)cc3c1)c1ccccc12. The van der Waals surface area contributed by atoms with Crippen molar-refractivity contribution in [2.75, 3.05) is 0 Å². The van der Waals surface area contributed by atoms with Gasteiger partial charge in [-0.05, 0) is 232 Å². The van der Waals surface area contributed by atoms with E-state index in [4.69, 9.17) is 19.9 Å². The van der Waals surface area contributed by atoms with Gasteiger partial charge < -0.3 is 18.3 Å². The summed E-state index contributed by atoms with van der Waals surface area (Å²) in [6.07, 6.45) is 0. The number of hydrogen-bond acceptors (Lipinski definition) is 4. The van der Waals surface area contributed by atoms with E-state index >= 15 is 0 Å². The number of nitrogens with zero attached hydrogens (tertiary/aromatic N) is 8. The van der Waals surface area contributed by atoms with Gasteiger partial charge in [-0.25, -0.2) is 19.9 Å². The van der Waals surface area contributed by atoms with Gasteiger partial charge in [-0.1, -0.05) is 285 Å². The molecule has 6 aromatic heterocycles. The van der Waals surface area contributed by atoms with E-state index in [2.05, 4.69) is 431 Å². The van der Waals surface area contributed by atoms with Crippen molar-refractivity contribution in [1.82, 2.24) is 38.2 Å². The van der Waals surface area contributed by atoms with Crippen molar-refractivity contribution < 1.29 is 0 Å². The molecule has 6 heterocycles. The summed E-state index contributed by atoms with van der Waals surface area (Å²) in [5.41, 5.74) is 25.2. The maximum Gasteiger partial charge on any atom is 0.0979 e. The van der Waals surface area contributed by atoms with Gasteiger partial charge in [0.25, 0.3) is 0 Å². The fourth-order valence-electron chi connectivity index (χ4n) is 21.0. The van der Waals surface area contributed by atoms with Crippen LogP contribution in [0.4, 0.5) is 0 Å². The van der Waals surface area contributed by atoms with E-state index in [0.29, 0.717) is 0 Å². The molecular weight excluding hydrogens is 1550 g/mol. The van der Waals surface area contributed by atoms with E-state index in [9.17, 15) is 0 Å². The molecule has 0 radical (unpaired) electrons. The molecule has 0 aliphatic rings. The van der Waals surface area contributed by atoms with Crippen LogP contribution in [0.1, 0.15) is 0 Å². The van der Waals surface area contributed by atoms with Gasteiger partial charge in [-0.15, -0.1) is 0 Å². The molecule has 22 aromatic carbocycles. The molecule has 0 N–H and O–H groups in total. The Morgan fingerprint density at radius 3 is 0.961 bits per heavy atom. The molecule has 28 rings (SSSR count). The Hall–Kier alpha value is -17.2. The van der Waals surface area contributed by atoms with Crippen LogP contribution in [0.2, 0.25) is 0 Å². The number of para-hydroxylation sites is 10. The second-order valence-electron chi connectivity index (χ2n) is 33.9. The van der Waals surface area contributed by atoms with Crippen molar-refractivity contribution >= 4 is 195 Å². The van der Waals surface area contributed by atoms with Gasteiger partial charge in [0.15, 0.2) is 0 Å². The normalized spacial score (nSPS) is 12.1. The molecule has 0 aliphatic heterocycles. The van der Waals surface area contributed by atoms with Crippen molar-refractivity contribution in [3.63, 3.8) is 0 Å². The molecule has 8 heteroatoms. The molecule has 28 aromatic rings. The minimum absolute atomic E-state index is 0.856. The van der Waals surface area contributed by atoms with Crippen LogP contribution in [0.5, 0.6) is 0 Å². The summed E-state index contributed by atoms with van der Waals surface area (Å²) in [5, 5.41) is 29.1. The molecule has 0 spiro atoms. The third-order valence-electron chi connectivity index (χ3n) is 26.8. The van der Waals surface area contributed by atoms with Crippen LogP contribution in [0.25, 0.3) is 263 Å². The highest BCUT2D eigenvalue weighted by atomic mass is 15.0. The van der Waals surface area contributed by atoms with Crippen molar-refractivity contribution in [1.29, 1.82) is 0 Å². The minimum Gasteiger partial charge on any atom is -0.309 e. The first-order chi connectivity index (χ1) is 63.4. The Labute approximate surface area is 733 Å². The minimum atomic E-state index is 0.856. The Kier molecular flexibility index (Phi) is 15.7. The topological polar surface area (TPSA) is 71.3 Å². The summed E-state index contributed by atoms with van der Waals surface area (Å²) in [5.74, 6) is 0. The van der Waals surface area contributed by atoms with Gasteiger partial charge in [-0.2, -0.15) is 0 Å². The van der Waals surface area contributed by atoms with E-state index in [1.54, 1.807) is 0 Å². The lowest BCUT2D eigenvalue weighted by Gasteiger charge is -2.17. The predicted octanol–water partition coefficient (Wildman–Crippen LogP) is 31.5. The Morgan fingerprint density at radius 2 is 0.445 bits per heavy atom. The molecule has 0 saturated carbocycles. The zero-order valence-corrected chi connectivity index (χ0v) is 69.1. The van der Waals surface area contributed by atoms with Crippen LogP contribution in [-0.2, 0) is 0 Å². The zero-order chi connectivity index (χ0) is 83.8. The van der Waals surface area contributed by atoms with Gasteiger partial charge in [0.1, 0.15) is 0 Å². The molecule has 0 unspecified atom stereocenters. The highest BCUT2D eigenvalue weighted by molar-refractivity contribution is 6.20. The number of rotatable bonds is 8. The molecule has 0 amide bonds. The Morgan fingerprint density at radius 1 is 0.141 bits per heavy atom. The summed E-state index contributed by atoms with van der Waals surface area (Å²) in [6, 6.07) is 158. The Bertz CT molecular complexity index is 9530. The molecule has 128 heavy (non-hydrogen) atoms. The molecule has 0 atom stereocenters. The van der Waals surface area contributed by atoms with Gasteiger partial charge in [0.05, 0.1) is 94.7 Å². The predicted molar refractivity (Wildman–Crippen MR) is 538 cm³/mol. The lowest BCUT2D eigenvalue weighted by molar-refractivity contribution is 1.18. The fourth-order valence-corrected chi connectivity index (χ4v) is 21.0. The molecule has 592 valence electrons. The summed E-state index contributed by atoms with van der Waals surface area (Å²) in [6.45, 7) is 0. The van der Waals surface area contributed by atoms with Crippen LogP contribution in [0.3, 0.4) is 0 Å². The average Bonchev–Trinajstić information content (AvgIpc) is 1.68. The number of aromatic nitrogens is 8. The lowest BCUT2D eigenvalue weighted by atomic mass is 9.93. The van der Waals surface area contributed by atoms with Crippen molar-refractivity contribution in [3.05, 3.63) is 437 Å². The van der Waals surface area contributed by atoms with Crippen LogP contribution in [0, 0.1) is 0 Å². The Balaban J connectivity index is 0.000000132. The second-order valence-corrected chi connectivity index (χ2v) is 33.9. The summed E-state index contributed by atoms with van der Waals surface area (Å²) >= 11 is 0. The van der Waals surface area contributed by atoms with Crippen molar-refractivity contribution in [3.8, 4) is 67.8 Å². The fraction of sp³-hybridized carbons (Fsp3) is 0. The first-order valence-electron chi connectivity index (χ1n) is 43.8. The molecule has 0 fully saturated rings. The number of fused-ring (bicyclic) bond motifs is 24. The van der Waals surface area contributed by atoms with E-state index in [1.165, 1.54) is 146 Å². The molecule has 0 saturated heterocycles. The highest BCUT2D eigenvalue weighted by Gasteiger charge is 2.25. The molecule has 8 nitrogen and oxygen atoms in total. The monoisotopic (exact) mass is 1620 g/mol. The first kappa shape index (κ1) is 71.4. The van der Waals surface area contributed by atoms with Gasteiger partial charge in [-0.3, -0.25) is 0 Å². The quantitative estimate of drug-likeness (QED) is 0.142. The van der Waals surface area contributed by atoms with Crippen molar-refractivity contribution in [2.24, 2.45) is 0 Å². The van der Waals surface area contributed by atoms with Crippen LogP contribution >= 0.6 is 0 Å². The van der Waals surface area contributed by atoms with E-state index in [0.717, 1.165) is 117 Å². The van der Waals surface area contributed by atoms with E-state index < -0.39 is 0 Å². The summed E-state index contributed by atoms with van der Waals surface area (Å²) in [4.78, 5) is 21.6. The van der Waals surface area contributed by atoms with Crippen LogP contribution < -0.4 is 0 Å². The summed E-state index contributed by atoms with van der Waals surface area (Å²) < 4.78 is 9.70. The third kappa shape index (κ3) is 11.1. The van der Waals surface area contributed by atoms with E-state index in [1.807, 2.05) is 24.3 Å². The third-order valence-corrected chi connectivity index (χ3v) is 26.8. The molecule has 0 aliphatic carbocycles. The van der Waals surface area contributed by atoms with E-state index in [-0.39, 0.29) is 0 Å². The van der Waals surface area contributed by atoms with Gasteiger partial charge in [0.2, 0.25) is 0 Å². The first-order valence-corrected chi connectivity index (χ1v) is 43.8. The molecule has 0 bridgehead atoms. The average molecular weight is 1630 g/mol.